The van der Waals surface area contributed by atoms with Gasteiger partial charge in [-0.1, -0.05) is 0 Å². The predicted octanol–water partition coefficient (Wildman–Crippen LogP) is 2.19. The van der Waals surface area contributed by atoms with E-state index in [-0.39, 0.29) is 30.1 Å². The quantitative estimate of drug-likeness (QED) is 0.765. The number of nitrogens with zero attached hydrogens (tertiary/aromatic N) is 1. The van der Waals surface area contributed by atoms with E-state index < -0.39 is 6.10 Å². The first kappa shape index (κ1) is 19.2. The molecule has 2 amide bonds. The van der Waals surface area contributed by atoms with Crippen LogP contribution in [-0.2, 0) is 11.3 Å². The van der Waals surface area contributed by atoms with Crippen LogP contribution in [0.4, 0.5) is 5.69 Å². The topological polar surface area (TPSA) is 115 Å². The number of fused-ring (bicyclic) bond motifs is 1. The van der Waals surface area contributed by atoms with Crippen LogP contribution in [0, 0.1) is 5.92 Å². The van der Waals surface area contributed by atoms with Crippen molar-refractivity contribution in [3.8, 4) is 5.75 Å². The number of carbonyl (C=O) groups is 3. The van der Waals surface area contributed by atoms with Crippen molar-refractivity contribution in [2.75, 3.05) is 18.4 Å². The third-order valence-corrected chi connectivity index (χ3v) is 5.45. The van der Waals surface area contributed by atoms with Crippen molar-refractivity contribution < 1.29 is 23.5 Å². The molecule has 2 aliphatic heterocycles. The number of amides is 2. The highest BCUT2D eigenvalue weighted by molar-refractivity contribution is 6.02. The molecule has 4 rings (SSSR count). The van der Waals surface area contributed by atoms with Gasteiger partial charge in [0.15, 0.2) is 11.9 Å². The highest BCUT2D eigenvalue weighted by Crippen LogP contribution is 2.32. The van der Waals surface area contributed by atoms with Crippen LogP contribution in [0.1, 0.15) is 46.2 Å². The number of likely N-dealkylation sites (tertiary alicyclic amines) is 1. The van der Waals surface area contributed by atoms with E-state index in [0.29, 0.717) is 54.3 Å². The Kier molecular flexibility index (Phi) is 5.10. The van der Waals surface area contributed by atoms with E-state index in [9.17, 15) is 14.4 Å². The average Bonchev–Trinajstić information content (AvgIpc) is 3.23. The molecule has 2 aliphatic rings. The second kappa shape index (κ2) is 7.71. The zero-order valence-electron chi connectivity index (χ0n) is 16.1. The Hall–Kier alpha value is -3.13. The zero-order valence-corrected chi connectivity index (χ0v) is 16.1. The van der Waals surface area contributed by atoms with Crippen molar-refractivity contribution in [1.82, 2.24) is 4.90 Å². The summed E-state index contributed by atoms with van der Waals surface area (Å²) in [5, 5.41) is 2.77. The fraction of sp³-hybridized carbons (Fsp3) is 0.381. The molecule has 3 N–H and O–H groups in total. The maximum absolute atomic E-state index is 12.9. The Morgan fingerprint density at radius 2 is 1.97 bits per heavy atom. The molecule has 0 bridgehead atoms. The molecule has 3 heterocycles. The van der Waals surface area contributed by atoms with E-state index >= 15 is 0 Å². The van der Waals surface area contributed by atoms with E-state index in [1.807, 2.05) is 0 Å². The lowest BCUT2D eigenvalue weighted by Gasteiger charge is -2.31. The molecule has 1 fully saturated rings. The van der Waals surface area contributed by atoms with Gasteiger partial charge in [-0.25, -0.2) is 0 Å². The fourth-order valence-electron chi connectivity index (χ4n) is 3.72. The molecule has 152 valence electrons. The van der Waals surface area contributed by atoms with E-state index in [1.165, 1.54) is 6.26 Å². The van der Waals surface area contributed by atoms with Crippen molar-refractivity contribution in [3.63, 3.8) is 0 Å². The van der Waals surface area contributed by atoms with Crippen LogP contribution >= 0.6 is 0 Å². The number of nitrogens with two attached hydrogens (primary N) is 1. The van der Waals surface area contributed by atoms with Crippen molar-refractivity contribution in [3.05, 3.63) is 47.4 Å². The Morgan fingerprint density at radius 1 is 1.21 bits per heavy atom. The Balaban J connectivity index is 1.40. The Bertz CT molecular complexity index is 959. The van der Waals surface area contributed by atoms with Gasteiger partial charge in [0.2, 0.25) is 0 Å². The number of rotatable bonds is 4. The molecule has 0 radical (unpaired) electrons. The molecule has 0 aliphatic carbocycles. The summed E-state index contributed by atoms with van der Waals surface area (Å²) in [5.41, 5.74) is 7.05. The molecule has 0 saturated carbocycles. The second-order valence-corrected chi connectivity index (χ2v) is 7.40. The first-order valence-electron chi connectivity index (χ1n) is 9.69. The number of hydrogen-bond donors (Lipinski definition) is 2. The summed E-state index contributed by atoms with van der Waals surface area (Å²) < 4.78 is 10.8. The lowest BCUT2D eigenvalue weighted by molar-refractivity contribution is -0.122. The molecule has 0 spiro atoms. The number of Topliss-reactive ketones (excluding diaryl/α,β-unsaturated/α-hetero) is 1. The number of piperidine rings is 1. The number of carbonyl (C=O) groups excluding carboxylic acids is 3. The minimum absolute atomic E-state index is 0.0153. The number of ether oxygens (including phenoxy) is 1. The monoisotopic (exact) mass is 397 g/mol. The summed E-state index contributed by atoms with van der Waals surface area (Å²) in [6.07, 6.45) is 2.04. The van der Waals surface area contributed by atoms with Crippen LogP contribution < -0.4 is 15.8 Å². The maximum atomic E-state index is 12.9. The van der Waals surface area contributed by atoms with Gasteiger partial charge in [0, 0.05) is 24.6 Å². The van der Waals surface area contributed by atoms with Crippen LogP contribution in [-0.4, -0.2) is 41.7 Å². The standard InChI is InChI=1S/C21H23N3O5/c1-12-20(26)23-17-9-14(2-3-18(17)29-12)19(25)13-4-6-24(7-5-13)21(27)15-8-16(10-22)28-11-15/h2-3,8-9,11-13H,4-7,10,22H2,1H3,(H,23,26). The van der Waals surface area contributed by atoms with E-state index in [4.69, 9.17) is 14.9 Å². The molecular formula is C21H23N3O5. The van der Waals surface area contributed by atoms with Crippen LogP contribution in [0.5, 0.6) is 5.75 Å². The maximum Gasteiger partial charge on any atom is 0.265 e. The predicted molar refractivity (Wildman–Crippen MR) is 105 cm³/mol. The third kappa shape index (κ3) is 3.75. The fourth-order valence-corrected chi connectivity index (χ4v) is 3.72. The SMILES string of the molecule is CC1Oc2ccc(C(=O)C3CCN(C(=O)c4coc(CN)c4)CC3)cc2NC1=O. The number of nitrogens with one attached hydrogen (secondary N) is 1. The van der Waals surface area contributed by atoms with Crippen LogP contribution in [0.15, 0.2) is 34.9 Å². The molecule has 1 aromatic heterocycles. The molecular weight excluding hydrogens is 374 g/mol. The summed E-state index contributed by atoms with van der Waals surface area (Å²) >= 11 is 0. The number of hydrogen-bond acceptors (Lipinski definition) is 6. The number of ketones is 1. The highest BCUT2D eigenvalue weighted by Gasteiger charge is 2.30. The Labute approximate surface area is 168 Å². The normalized spacial score (nSPS) is 19.3. The van der Waals surface area contributed by atoms with Crippen molar-refractivity contribution in [1.29, 1.82) is 0 Å². The van der Waals surface area contributed by atoms with E-state index in [1.54, 1.807) is 36.1 Å². The molecule has 1 atom stereocenters. The van der Waals surface area contributed by atoms with Crippen molar-refractivity contribution in [2.45, 2.75) is 32.4 Å². The van der Waals surface area contributed by atoms with Gasteiger partial charge >= 0.3 is 0 Å². The van der Waals surface area contributed by atoms with E-state index in [0.717, 1.165) is 0 Å². The molecule has 1 aromatic carbocycles. The van der Waals surface area contributed by atoms with Gasteiger partial charge in [0.25, 0.3) is 11.8 Å². The molecule has 1 unspecified atom stereocenters. The number of furan rings is 1. The van der Waals surface area contributed by atoms with Gasteiger partial charge in [0.1, 0.15) is 17.8 Å². The number of anilines is 1. The largest absolute Gasteiger partial charge is 0.479 e. The summed E-state index contributed by atoms with van der Waals surface area (Å²) in [5.74, 6) is 0.636. The van der Waals surface area contributed by atoms with Crippen LogP contribution in [0.3, 0.4) is 0 Å². The molecule has 2 aromatic rings. The molecule has 8 heteroatoms. The minimum Gasteiger partial charge on any atom is -0.479 e. The smallest absolute Gasteiger partial charge is 0.265 e. The van der Waals surface area contributed by atoms with Crippen LogP contribution in [0.2, 0.25) is 0 Å². The molecule has 1 saturated heterocycles. The average molecular weight is 397 g/mol. The van der Waals surface area contributed by atoms with E-state index in [2.05, 4.69) is 5.32 Å². The summed E-state index contributed by atoms with van der Waals surface area (Å²) in [4.78, 5) is 39.1. The second-order valence-electron chi connectivity index (χ2n) is 7.40. The van der Waals surface area contributed by atoms with Gasteiger partial charge in [-0.3, -0.25) is 14.4 Å². The Morgan fingerprint density at radius 3 is 2.66 bits per heavy atom. The zero-order chi connectivity index (χ0) is 20.5. The molecule has 29 heavy (non-hydrogen) atoms. The van der Waals surface area contributed by atoms with Gasteiger partial charge in [-0.05, 0) is 44.0 Å². The van der Waals surface area contributed by atoms with Gasteiger partial charge in [-0.2, -0.15) is 0 Å². The molecule has 8 nitrogen and oxygen atoms in total. The summed E-state index contributed by atoms with van der Waals surface area (Å²) in [6.45, 7) is 2.92. The van der Waals surface area contributed by atoms with Crippen molar-refractivity contribution >= 4 is 23.3 Å². The first-order valence-corrected chi connectivity index (χ1v) is 9.69. The number of benzene rings is 1. The van der Waals surface area contributed by atoms with Crippen molar-refractivity contribution in [2.24, 2.45) is 11.7 Å². The highest BCUT2D eigenvalue weighted by atomic mass is 16.5. The lowest BCUT2D eigenvalue weighted by Crippen LogP contribution is -2.40. The van der Waals surface area contributed by atoms with Gasteiger partial charge < -0.3 is 25.1 Å². The van der Waals surface area contributed by atoms with Gasteiger partial charge in [0.05, 0.1) is 17.8 Å². The lowest BCUT2D eigenvalue weighted by atomic mass is 9.88. The summed E-state index contributed by atoms with van der Waals surface area (Å²) in [7, 11) is 0. The first-order chi connectivity index (χ1) is 14.0. The summed E-state index contributed by atoms with van der Waals surface area (Å²) in [6, 6.07) is 6.76. The van der Waals surface area contributed by atoms with Crippen LogP contribution in [0.25, 0.3) is 0 Å². The minimum atomic E-state index is -0.554. The third-order valence-electron chi connectivity index (χ3n) is 5.45. The van der Waals surface area contributed by atoms with Gasteiger partial charge in [-0.15, -0.1) is 0 Å².